The summed E-state index contributed by atoms with van der Waals surface area (Å²) in [5.74, 6) is 0. The molecule has 1 N–H and O–H groups in total. The van der Waals surface area contributed by atoms with Crippen LogP contribution in [0, 0.1) is 13.0 Å². The third kappa shape index (κ3) is 6.01. The van der Waals surface area contributed by atoms with E-state index in [0.717, 1.165) is 35.4 Å². The number of anilines is 1. The first-order chi connectivity index (χ1) is 9.69. The molecule has 0 spiro atoms. The molecule has 1 nitrogen and oxygen atoms in total. The van der Waals surface area contributed by atoms with Crippen LogP contribution in [0.2, 0.25) is 0 Å². The van der Waals surface area contributed by atoms with Crippen LogP contribution in [0.4, 0.5) is 5.69 Å². The van der Waals surface area contributed by atoms with Crippen molar-refractivity contribution in [1.29, 1.82) is 0 Å². The smallest absolute Gasteiger partial charge is 0.370 e. The summed E-state index contributed by atoms with van der Waals surface area (Å²) in [6.07, 6.45) is 13.7. The van der Waals surface area contributed by atoms with Crippen molar-refractivity contribution in [3.05, 3.63) is 85.0 Å². The minimum Gasteiger partial charge on any atom is -0.370 e. The van der Waals surface area contributed by atoms with Crippen molar-refractivity contribution >= 4 is 5.69 Å². The van der Waals surface area contributed by atoms with Gasteiger partial charge in [0, 0.05) is 5.70 Å². The van der Waals surface area contributed by atoms with Crippen LogP contribution in [0.5, 0.6) is 0 Å². The zero-order valence-electron chi connectivity index (χ0n) is 12.9. The van der Waals surface area contributed by atoms with Crippen molar-refractivity contribution in [3.8, 4) is 0 Å². The third-order valence-electron chi connectivity index (χ3n) is 3.39. The van der Waals surface area contributed by atoms with E-state index < -0.39 is 0 Å². The van der Waals surface area contributed by atoms with Gasteiger partial charge in [-0.15, -0.1) is 18.2 Å². The number of hydrogen-bond acceptors (Lipinski definition) is 1. The molecule has 0 aromatic heterocycles. The molecule has 2 heteroatoms. The Bertz CT molecular complexity index is 567. The molecule has 0 radical (unpaired) electrons. The first-order valence-corrected chi connectivity index (χ1v) is 6.98. The summed E-state index contributed by atoms with van der Waals surface area (Å²) >= 11 is 0. The van der Waals surface area contributed by atoms with Crippen LogP contribution in [0.25, 0.3) is 0 Å². The summed E-state index contributed by atoms with van der Waals surface area (Å²) in [7, 11) is 0. The molecule has 104 valence electrons. The van der Waals surface area contributed by atoms with Crippen molar-refractivity contribution < 1.29 is 51.4 Å². The topological polar surface area (TPSA) is 12.0 Å². The third-order valence-corrected chi connectivity index (χ3v) is 3.39. The first kappa shape index (κ1) is 18.5. The Balaban J connectivity index is 0.000000236. The Labute approximate surface area is 171 Å². The summed E-state index contributed by atoms with van der Waals surface area (Å²) < 4.78 is 0. The van der Waals surface area contributed by atoms with Gasteiger partial charge in [-0.2, -0.15) is 48.9 Å². The van der Waals surface area contributed by atoms with E-state index in [4.69, 9.17) is 0 Å². The SMILES string of the molecule is C=[C-]c1ccc2c(c1)NC(=C)CC2.[CH2-]C1=CCCC=C1.[K+]. The summed E-state index contributed by atoms with van der Waals surface area (Å²) in [6.45, 7) is 11.3. The summed E-state index contributed by atoms with van der Waals surface area (Å²) in [5.41, 5.74) is 5.79. The van der Waals surface area contributed by atoms with Crippen LogP contribution < -0.4 is 56.7 Å². The summed E-state index contributed by atoms with van der Waals surface area (Å²) in [6, 6.07) is 6.23. The molecular formula is C19H21KN-. The van der Waals surface area contributed by atoms with Crippen LogP contribution in [-0.4, -0.2) is 0 Å². The second-order valence-corrected chi connectivity index (χ2v) is 5.04. The molecule has 0 atom stereocenters. The molecule has 3 rings (SSSR count). The van der Waals surface area contributed by atoms with Gasteiger partial charge in [0.05, 0.1) is 0 Å². The van der Waals surface area contributed by atoms with E-state index in [1.165, 1.54) is 18.4 Å². The minimum atomic E-state index is 0. The summed E-state index contributed by atoms with van der Waals surface area (Å²) in [5, 5.41) is 3.27. The normalized spacial score (nSPS) is 15.4. The molecule has 1 heterocycles. The zero-order chi connectivity index (χ0) is 14.4. The number of aryl methyl sites for hydroxylation is 1. The van der Waals surface area contributed by atoms with Crippen molar-refractivity contribution in [3.63, 3.8) is 0 Å². The maximum atomic E-state index is 3.92. The Kier molecular flexibility index (Phi) is 8.38. The van der Waals surface area contributed by atoms with E-state index in [2.05, 4.69) is 61.8 Å². The van der Waals surface area contributed by atoms with Gasteiger partial charge < -0.3 is 5.32 Å². The van der Waals surface area contributed by atoms with Crippen molar-refractivity contribution in [2.24, 2.45) is 0 Å². The van der Waals surface area contributed by atoms with Gasteiger partial charge >= 0.3 is 51.4 Å². The first-order valence-electron chi connectivity index (χ1n) is 6.98. The fraction of sp³-hybridized carbons (Fsp3) is 0.211. The molecule has 1 aromatic carbocycles. The molecule has 0 fully saturated rings. The van der Waals surface area contributed by atoms with E-state index in [1.807, 2.05) is 6.07 Å². The Morgan fingerprint density at radius 2 is 2.00 bits per heavy atom. The maximum Gasteiger partial charge on any atom is 1.00 e. The number of hydrogen-bond donors (Lipinski definition) is 1. The average molecular weight is 302 g/mol. The molecule has 0 saturated carbocycles. The predicted molar refractivity (Wildman–Crippen MR) is 87.3 cm³/mol. The maximum absolute atomic E-state index is 3.92. The molecule has 0 bridgehead atoms. The molecule has 1 aliphatic carbocycles. The number of allylic oxidation sites excluding steroid dienone is 5. The zero-order valence-corrected chi connectivity index (χ0v) is 16.0. The van der Waals surface area contributed by atoms with Gasteiger partial charge in [-0.1, -0.05) is 19.4 Å². The van der Waals surface area contributed by atoms with E-state index in [9.17, 15) is 0 Å². The van der Waals surface area contributed by atoms with Crippen LogP contribution >= 0.6 is 0 Å². The number of fused-ring (bicyclic) bond motifs is 1. The number of benzene rings is 1. The summed E-state index contributed by atoms with van der Waals surface area (Å²) in [4.78, 5) is 0. The number of nitrogens with one attached hydrogen (secondary N) is 1. The van der Waals surface area contributed by atoms with Crippen LogP contribution in [0.3, 0.4) is 0 Å². The van der Waals surface area contributed by atoms with Crippen molar-refractivity contribution in [2.75, 3.05) is 5.32 Å². The van der Waals surface area contributed by atoms with E-state index in [0.29, 0.717) is 0 Å². The predicted octanol–water partition coefficient (Wildman–Crippen LogP) is 2.00. The average Bonchev–Trinajstić information content (AvgIpc) is 2.48. The van der Waals surface area contributed by atoms with E-state index in [-0.39, 0.29) is 51.4 Å². The minimum absolute atomic E-state index is 0. The molecule has 1 aromatic rings. The monoisotopic (exact) mass is 302 g/mol. The van der Waals surface area contributed by atoms with E-state index in [1.54, 1.807) is 0 Å². The van der Waals surface area contributed by atoms with E-state index >= 15 is 0 Å². The molecule has 21 heavy (non-hydrogen) atoms. The van der Waals surface area contributed by atoms with Gasteiger partial charge in [-0.25, -0.2) is 0 Å². The molecule has 0 saturated heterocycles. The van der Waals surface area contributed by atoms with Gasteiger partial charge in [0.25, 0.3) is 0 Å². The fourth-order valence-electron chi connectivity index (χ4n) is 2.23. The standard InChI is InChI=1S/C12H12N.C7H9.K/c1-3-10-5-7-11-6-4-9(2)13-12(11)8-10;1-7-5-3-2-4-6-7;/h5,7-8,13H,1-2,4,6H2;3,5-6H,1-2,4H2;/q2*-1;+1. The second-order valence-electron chi connectivity index (χ2n) is 5.04. The Morgan fingerprint density at radius 3 is 2.57 bits per heavy atom. The second kappa shape index (κ2) is 9.49. The Morgan fingerprint density at radius 1 is 1.19 bits per heavy atom. The van der Waals surface area contributed by atoms with Gasteiger partial charge in [0.15, 0.2) is 0 Å². The van der Waals surface area contributed by atoms with Gasteiger partial charge in [0.2, 0.25) is 0 Å². The van der Waals surface area contributed by atoms with Gasteiger partial charge in [-0.3, -0.25) is 0 Å². The van der Waals surface area contributed by atoms with Crippen LogP contribution in [0.15, 0.2) is 60.9 Å². The van der Waals surface area contributed by atoms with Crippen molar-refractivity contribution in [1.82, 2.24) is 0 Å². The van der Waals surface area contributed by atoms with Gasteiger partial charge in [-0.05, 0) is 24.1 Å². The van der Waals surface area contributed by atoms with Gasteiger partial charge in [0.1, 0.15) is 0 Å². The molecule has 1 aliphatic heterocycles. The molecule has 2 aliphatic rings. The number of rotatable bonds is 1. The molecule has 0 amide bonds. The van der Waals surface area contributed by atoms with Crippen LogP contribution in [0.1, 0.15) is 30.4 Å². The largest absolute Gasteiger partial charge is 1.00 e. The molecular weight excluding hydrogens is 281 g/mol. The molecule has 0 unspecified atom stereocenters. The van der Waals surface area contributed by atoms with Crippen LogP contribution in [-0.2, 0) is 6.42 Å². The fourth-order valence-corrected chi connectivity index (χ4v) is 2.23. The quantitative estimate of drug-likeness (QED) is 0.618. The van der Waals surface area contributed by atoms with Crippen molar-refractivity contribution in [2.45, 2.75) is 25.7 Å². The Hall–Kier alpha value is -0.514.